The Labute approximate surface area is 177 Å². The summed E-state index contributed by atoms with van der Waals surface area (Å²) in [7, 11) is -3.64. The summed E-state index contributed by atoms with van der Waals surface area (Å²) in [6.45, 7) is 2.29. The Balaban J connectivity index is 1.36. The van der Waals surface area contributed by atoms with Crippen LogP contribution >= 0.6 is 0 Å². The lowest BCUT2D eigenvalue weighted by Gasteiger charge is -2.17. The lowest BCUT2D eigenvalue weighted by molar-refractivity contribution is 0.324. The average Bonchev–Trinajstić information content (AvgIpc) is 3.21. The quantitative estimate of drug-likeness (QED) is 0.662. The third-order valence-electron chi connectivity index (χ3n) is 5.33. The third kappa shape index (κ3) is 4.77. The SMILES string of the molecule is N#Cc1cccc(S(=O)(=O)N[C@@H]2CCN(Cc3ccc(-c4ccccc4)cc3)C2)c1. The molecule has 0 unspecified atom stereocenters. The van der Waals surface area contributed by atoms with Gasteiger partial charge in [-0.05, 0) is 41.3 Å². The number of rotatable bonds is 6. The molecule has 0 aliphatic carbocycles. The van der Waals surface area contributed by atoms with Crippen molar-refractivity contribution in [2.75, 3.05) is 13.1 Å². The Morgan fingerprint density at radius 1 is 0.967 bits per heavy atom. The number of hydrogen-bond acceptors (Lipinski definition) is 4. The van der Waals surface area contributed by atoms with Crippen LogP contribution in [0.3, 0.4) is 0 Å². The zero-order chi connectivity index (χ0) is 21.0. The summed E-state index contributed by atoms with van der Waals surface area (Å²) < 4.78 is 28.1. The molecule has 4 rings (SSSR count). The first-order valence-electron chi connectivity index (χ1n) is 9.93. The molecule has 1 fully saturated rings. The van der Waals surface area contributed by atoms with Crippen molar-refractivity contribution in [2.45, 2.75) is 23.9 Å². The number of nitriles is 1. The number of hydrogen-bond donors (Lipinski definition) is 1. The highest BCUT2D eigenvalue weighted by atomic mass is 32.2. The summed E-state index contributed by atoms with van der Waals surface area (Å²) in [5.74, 6) is 0. The summed E-state index contributed by atoms with van der Waals surface area (Å²) in [5.41, 5.74) is 3.93. The van der Waals surface area contributed by atoms with E-state index in [4.69, 9.17) is 5.26 Å². The van der Waals surface area contributed by atoms with Crippen LogP contribution in [-0.2, 0) is 16.6 Å². The number of sulfonamides is 1. The molecule has 1 aliphatic rings. The number of likely N-dealkylation sites (tertiary alicyclic amines) is 1. The van der Waals surface area contributed by atoms with E-state index >= 15 is 0 Å². The largest absolute Gasteiger partial charge is 0.297 e. The highest BCUT2D eigenvalue weighted by molar-refractivity contribution is 7.89. The van der Waals surface area contributed by atoms with Gasteiger partial charge in [-0.1, -0.05) is 60.7 Å². The molecule has 0 saturated carbocycles. The lowest BCUT2D eigenvalue weighted by Crippen LogP contribution is -2.37. The molecule has 1 atom stereocenters. The molecule has 0 aromatic heterocycles. The van der Waals surface area contributed by atoms with E-state index in [9.17, 15) is 8.42 Å². The van der Waals surface area contributed by atoms with Gasteiger partial charge >= 0.3 is 0 Å². The third-order valence-corrected chi connectivity index (χ3v) is 6.85. The van der Waals surface area contributed by atoms with Gasteiger partial charge in [-0.15, -0.1) is 0 Å². The standard InChI is InChI=1S/C24H23N3O2S/c25-16-20-5-4-8-24(15-20)30(28,29)26-23-13-14-27(18-23)17-19-9-11-22(12-10-19)21-6-2-1-3-7-21/h1-12,15,23,26H,13-14,17-18H2/t23-/m1/s1. The Bertz CT molecular complexity index is 1150. The van der Waals surface area contributed by atoms with Crippen molar-refractivity contribution in [3.63, 3.8) is 0 Å². The molecule has 1 aliphatic heterocycles. The van der Waals surface area contributed by atoms with Crippen LogP contribution in [0.5, 0.6) is 0 Å². The van der Waals surface area contributed by atoms with Gasteiger partial charge in [-0.25, -0.2) is 13.1 Å². The van der Waals surface area contributed by atoms with Crippen LogP contribution in [0.4, 0.5) is 0 Å². The normalized spacial score (nSPS) is 17.0. The van der Waals surface area contributed by atoms with Crippen molar-refractivity contribution >= 4 is 10.0 Å². The second kappa shape index (κ2) is 8.80. The van der Waals surface area contributed by atoms with Crippen molar-refractivity contribution in [1.29, 1.82) is 5.26 Å². The summed E-state index contributed by atoms with van der Waals surface area (Å²) >= 11 is 0. The first-order chi connectivity index (χ1) is 14.5. The fourth-order valence-corrected chi connectivity index (χ4v) is 5.09. The molecule has 1 heterocycles. The van der Waals surface area contributed by atoms with Gasteiger partial charge in [0.1, 0.15) is 0 Å². The second-order valence-electron chi connectivity index (χ2n) is 7.54. The molecule has 0 amide bonds. The monoisotopic (exact) mass is 417 g/mol. The van der Waals surface area contributed by atoms with Crippen molar-refractivity contribution in [2.24, 2.45) is 0 Å². The lowest BCUT2D eigenvalue weighted by atomic mass is 10.0. The predicted octanol–water partition coefficient (Wildman–Crippen LogP) is 3.78. The highest BCUT2D eigenvalue weighted by Crippen LogP contribution is 2.21. The Morgan fingerprint density at radius 3 is 2.43 bits per heavy atom. The first-order valence-corrected chi connectivity index (χ1v) is 11.4. The molecule has 0 bridgehead atoms. The first kappa shape index (κ1) is 20.3. The Kier molecular flexibility index (Phi) is 5.96. The van der Waals surface area contributed by atoms with E-state index in [1.54, 1.807) is 12.1 Å². The van der Waals surface area contributed by atoms with E-state index in [-0.39, 0.29) is 10.9 Å². The van der Waals surface area contributed by atoms with Crippen LogP contribution in [-0.4, -0.2) is 32.4 Å². The maximum Gasteiger partial charge on any atom is 0.240 e. The molecule has 3 aromatic carbocycles. The Hall–Kier alpha value is -2.98. The highest BCUT2D eigenvalue weighted by Gasteiger charge is 2.27. The van der Waals surface area contributed by atoms with Gasteiger partial charge < -0.3 is 0 Å². The number of nitrogens with zero attached hydrogens (tertiary/aromatic N) is 2. The minimum absolute atomic E-state index is 0.135. The fraction of sp³-hybridized carbons (Fsp3) is 0.208. The fourth-order valence-electron chi connectivity index (χ4n) is 3.78. The molecule has 30 heavy (non-hydrogen) atoms. The van der Waals surface area contributed by atoms with Crippen molar-refractivity contribution in [1.82, 2.24) is 9.62 Å². The molecule has 6 heteroatoms. The van der Waals surface area contributed by atoms with Gasteiger partial charge in [0.05, 0.1) is 16.5 Å². The molecule has 0 radical (unpaired) electrons. The maximum absolute atomic E-state index is 12.7. The smallest absolute Gasteiger partial charge is 0.240 e. The molecule has 0 spiro atoms. The topological polar surface area (TPSA) is 73.2 Å². The van der Waals surface area contributed by atoms with E-state index < -0.39 is 10.0 Å². The van der Waals surface area contributed by atoms with E-state index in [0.29, 0.717) is 12.1 Å². The van der Waals surface area contributed by atoms with Gasteiger partial charge in [0.15, 0.2) is 0 Å². The van der Waals surface area contributed by atoms with Crippen molar-refractivity contribution in [3.05, 3.63) is 90.0 Å². The van der Waals surface area contributed by atoms with Crippen molar-refractivity contribution in [3.8, 4) is 17.2 Å². The molecule has 1 N–H and O–H groups in total. The van der Waals surface area contributed by atoms with E-state index in [1.807, 2.05) is 24.3 Å². The zero-order valence-electron chi connectivity index (χ0n) is 16.5. The molecular formula is C24H23N3O2S. The zero-order valence-corrected chi connectivity index (χ0v) is 17.3. The van der Waals surface area contributed by atoms with Gasteiger partial charge in [-0.3, -0.25) is 4.90 Å². The summed E-state index contributed by atoms with van der Waals surface area (Å²) in [6, 6.07) is 26.7. The number of benzene rings is 3. The van der Waals surface area contributed by atoms with Gasteiger partial charge in [-0.2, -0.15) is 5.26 Å². The van der Waals surface area contributed by atoms with Crippen molar-refractivity contribution < 1.29 is 8.42 Å². The minimum atomic E-state index is -3.64. The van der Waals surface area contributed by atoms with Crippen LogP contribution in [0, 0.1) is 11.3 Å². The van der Waals surface area contributed by atoms with Crippen LogP contribution in [0.25, 0.3) is 11.1 Å². The van der Waals surface area contributed by atoms with Gasteiger partial charge in [0.25, 0.3) is 0 Å². The van der Waals surface area contributed by atoms with E-state index in [2.05, 4.69) is 46.0 Å². The second-order valence-corrected chi connectivity index (χ2v) is 9.26. The van der Waals surface area contributed by atoms with Crippen LogP contribution in [0.2, 0.25) is 0 Å². The molecule has 1 saturated heterocycles. The summed E-state index contributed by atoms with van der Waals surface area (Å²) in [4.78, 5) is 2.40. The Morgan fingerprint density at radius 2 is 1.70 bits per heavy atom. The van der Waals surface area contributed by atoms with Crippen LogP contribution < -0.4 is 4.72 Å². The van der Waals surface area contributed by atoms with Gasteiger partial charge in [0, 0.05) is 25.7 Å². The maximum atomic E-state index is 12.7. The summed E-state index contributed by atoms with van der Waals surface area (Å²) in [5, 5.41) is 9.00. The molecule has 5 nitrogen and oxygen atoms in total. The van der Waals surface area contributed by atoms with E-state index in [0.717, 1.165) is 19.5 Å². The van der Waals surface area contributed by atoms with Crippen LogP contribution in [0.1, 0.15) is 17.5 Å². The summed E-state index contributed by atoms with van der Waals surface area (Å²) in [6.07, 6.45) is 0.763. The minimum Gasteiger partial charge on any atom is -0.297 e. The van der Waals surface area contributed by atoms with Gasteiger partial charge in [0.2, 0.25) is 10.0 Å². The number of nitrogens with one attached hydrogen (secondary N) is 1. The molecule has 3 aromatic rings. The van der Waals surface area contributed by atoms with E-state index in [1.165, 1.54) is 28.8 Å². The molecule has 152 valence electrons. The average molecular weight is 418 g/mol. The predicted molar refractivity (Wildman–Crippen MR) is 117 cm³/mol. The molecular weight excluding hydrogens is 394 g/mol. The van der Waals surface area contributed by atoms with Crippen LogP contribution in [0.15, 0.2) is 83.8 Å².